The lowest BCUT2D eigenvalue weighted by Crippen LogP contribution is -2.35. The van der Waals surface area contributed by atoms with Gasteiger partial charge in [-0.2, -0.15) is 5.10 Å². The van der Waals surface area contributed by atoms with Gasteiger partial charge in [0.2, 0.25) is 5.91 Å². The fourth-order valence-electron chi connectivity index (χ4n) is 3.38. The summed E-state index contributed by atoms with van der Waals surface area (Å²) in [5.74, 6) is 1.11. The number of ether oxygens (including phenoxy) is 2. The Morgan fingerprint density at radius 2 is 1.69 bits per heavy atom. The van der Waals surface area contributed by atoms with Crippen LogP contribution in [0, 0.1) is 0 Å². The summed E-state index contributed by atoms with van der Waals surface area (Å²) in [6.45, 7) is 0.443. The molecule has 0 aliphatic carbocycles. The fraction of sp³-hybridized carbons (Fsp3) is 0.160. The maximum atomic E-state index is 12.3. The molecular formula is C25H23N3O4. The first-order valence-electron chi connectivity index (χ1n) is 10.2. The Labute approximate surface area is 185 Å². The van der Waals surface area contributed by atoms with E-state index in [0.29, 0.717) is 24.6 Å². The number of carbonyl (C=O) groups excluding carboxylic acids is 1. The van der Waals surface area contributed by atoms with Gasteiger partial charge in [0.15, 0.2) is 0 Å². The van der Waals surface area contributed by atoms with Gasteiger partial charge < -0.3 is 14.8 Å². The predicted octanol–water partition coefficient (Wildman–Crippen LogP) is 3.27. The molecule has 0 aliphatic heterocycles. The van der Waals surface area contributed by atoms with E-state index in [1.54, 1.807) is 37.4 Å². The Hall–Kier alpha value is -4.13. The van der Waals surface area contributed by atoms with Crippen LogP contribution in [0.5, 0.6) is 11.5 Å². The molecule has 0 saturated heterocycles. The highest BCUT2D eigenvalue weighted by molar-refractivity contribution is 5.95. The predicted molar refractivity (Wildman–Crippen MR) is 123 cm³/mol. The number of amides is 1. The molecule has 3 aromatic carbocycles. The summed E-state index contributed by atoms with van der Waals surface area (Å²) in [5, 5.41) is 9.29. The van der Waals surface area contributed by atoms with E-state index in [1.807, 2.05) is 42.5 Å². The van der Waals surface area contributed by atoms with Crippen LogP contribution in [-0.2, 0) is 11.3 Å². The van der Waals surface area contributed by atoms with Gasteiger partial charge in [0.25, 0.3) is 5.56 Å². The van der Waals surface area contributed by atoms with Crippen LogP contribution in [0.25, 0.3) is 22.0 Å². The number of nitrogens with one attached hydrogen (secondary N) is 1. The van der Waals surface area contributed by atoms with E-state index in [9.17, 15) is 9.59 Å². The first kappa shape index (κ1) is 21.1. The molecule has 32 heavy (non-hydrogen) atoms. The highest BCUT2D eigenvalue weighted by atomic mass is 16.5. The molecule has 7 nitrogen and oxygen atoms in total. The topological polar surface area (TPSA) is 82.4 Å². The van der Waals surface area contributed by atoms with E-state index in [2.05, 4.69) is 10.4 Å². The molecular weight excluding hydrogens is 406 g/mol. The van der Waals surface area contributed by atoms with Crippen molar-refractivity contribution < 1.29 is 14.3 Å². The number of fused-ring (bicyclic) bond motifs is 1. The minimum atomic E-state index is -0.335. The van der Waals surface area contributed by atoms with Gasteiger partial charge in [0.1, 0.15) is 24.7 Å². The third-order valence-electron chi connectivity index (χ3n) is 4.98. The first-order chi connectivity index (χ1) is 15.6. The molecule has 4 aromatic rings. The second-order valence-corrected chi connectivity index (χ2v) is 7.12. The average Bonchev–Trinajstić information content (AvgIpc) is 2.83. The number of hydrogen-bond donors (Lipinski definition) is 1. The van der Waals surface area contributed by atoms with Crippen molar-refractivity contribution in [3.8, 4) is 22.8 Å². The smallest absolute Gasteiger partial charge is 0.267 e. The minimum absolute atomic E-state index is 0.167. The Balaban J connectivity index is 1.38. The normalized spacial score (nSPS) is 10.7. The number of rotatable bonds is 8. The van der Waals surface area contributed by atoms with Crippen LogP contribution in [0.1, 0.15) is 0 Å². The van der Waals surface area contributed by atoms with Crippen molar-refractivity contribution >= 4 is 16.7 Å². The van der Waals surface area contributed by atoms with Crippen molar-refractivity contribution in [3.63, 3.8) is 0 Å². The van der Waals surface area contributed by atoms with Gasteiger partial charge in [0, 0.05) is 11.6 Å². The molecule has 1 aromatic heterocycles. The van der Waals surface area contributed by atoms with Gasteiger partial charge in [-0.05, 0) is 41.1 Å². The summed E-state index contributed by atoms with van der Waals surface area (Å²) in [5.41, 5.74) is 1.21. The van der Waals surface area contributed by atoms with Crippen molar-refractivity contribution in [1.82, 2.24) is 15.1 Å². The molecule has 0 bridgehead atoms. The highest BCUT2D eigenvalue weighted by Gasteiger charge is 2.10. The zero-order valence-electron chi connectivity index (χ0n) is 17.7. The largest absolute Gasteiger partial charge is 0.497 e. The second kappa shape index (κ2) is 9.78. The zero-order valence-corrected chi connectivity index (χ0v) is 17.7. The molecule has 0 aliphatic rings. The number of hydrogen-bond acceptors (Lipinski definition) is 5. The molecule has 0 saturated carbocycles. The van der Waals surface area contributed by atoms with Crippen LogP contribution in [0.4, 0.5) is 0 Å². The number of benzene rings is 3. The second-order valence-electron chi connectivity index (χ2n) is 7.12. The zero-order chi connectivity index (χ0) is 22.3. The molecule has 0 spiro atoms. The molecule has 0 radical (unpaired) electrons. The summed E-state index contributed by atoms with van der Waals surface area (Å²) < 4.78 is 11.9. The standard InChI is InChI=1S/C25H23N3O4/c1-31-19-9-11-20(12-10-19)32-16-15-26-24(29)17-28-25(30)14-13-23(27-28)22-8-4-6-18-5-2-3-7-21(18)22/h2-14H,15-17H2,1H3,(H,26,29). The van der Waals surface area contributed by atoms with Crippen LogP contribution >= 0.6 is 0 Å². The lowest BCUT2D eigenvalue weighted by atomic mass is 10.0. The van der Waals surface area contributed by atoms with Gasteiger partial charge in [-0.1, -0.05) is 42.5 Å². The molecule has 0 fully saturated rings. The molecule has 7 heteroatoms. The van der Waals surface area contributed by atoms with Crippen molar-refractivity contribution in [1.29, 1.82) is 0 Å². The van der Waals surface area contributed by atoms with Crippen LogP contribution < -0.4 is 20.3 Å². The van der Waals surface area contributed by atoms with Gasteiger partial charge in [-0.25, -0.2) is 4.68 Å². The van der Waals surface area contributed by atoms with E-state index in [-0.39, 0.29) is 18.0 Å². The van der Waals surface area contributed by atoms with Crippen LogP contribution in [0.2, 0.25) is 0 Å². The summed E-state index contributed by atoms with van der Waals surface area (Å²) in [7, 11) is 1.60. The lowest BCUT2D eigenvalue weighted by Gasteiger charge is -2.10. The Morgan fingerprint density at radius 1 is 0.938 bits per heavy atom. The molecule has 162 valence electrons. The highest BCUT2D eigenvalue weighted by Crippen LogP contribution is 2.26. The van der Waals surface area contributed by atoms with Crippen LogP contribution in [0.15, 0.2) is 83.7 Å². The Kier molecular flexibility index (Phi) is 6.46. The van der Waals surface area contributed by atoms with Gasteiger partial charge in [-0.3, -0.25) is 9.59 Å². The van der Waals surface area contributed by atoms with Gasteiger partial charge in [0.05, 0.1) is 19.3 Å². The molecule has 1 amide bonds. The monoisotopic (exact) mass is 429 g/mol. The quantitative estimate of drug-likeness (QED) is 0.435. The molecule has 0 atom stereocenters. The number of nitrogens with zero attached hydrogens (tertiary/aromatic N) is 2. The number of methoxy groups -OCH3 is 1. The van der Waals surface area contributed by atoms with E-state index in [1.165, 1.54) is 10.7 Å². The van der Waals surface area contributed by atoms with Crippen LogP contribution in [-0.4, -0.2) is 35.9 Å². The lowest BCUT2D eigenvalue weighted by molar-refractivity contribution is -0.122. The van der Waals surface area contributed by atoms with Crippen molar-refractivity contribution in [3.05, 3.63) is 89.2 Å². The van der Waals surface area contributed by atoms with E-state index in [0.717, 1.165) is 22.1 Å². The SMILES string of the molecule is COc1ccc(OCCNC(=O)Cn2nc(-c3cccc4ccccc34)ccc2=O)cc1. The minimum Gasteiger partial charge on any atom is -0.497 e. The van der Waals surface area contributed by atoms with E-state index < -0.39 is 0 Å². The maximum absolute atomic E-state index is 12.3. The summed E-state index contributed by atoms with van der Waals surface area (Å²) in [4.78, 5) is 24.6. The third kappa shape index (κ3) is 4.95. The fourth-order valence-corrected chi connectivity index (χ4v) is 3.38. The summed E-state index contributed by atoms with van der Waals surface area (Å²) in [6, 6.07) is 24.2. The van der Waals surface area contributed by atoms with Crippen LogP contribution in [0.3, 0.4) is 0 Å². The number of carbonyl (C=O) groups is 1. The van der Waals surface area contributed by atoms with Gasteiger partial charge in [-0.15, -0.1) is 0 Å². The van der Waals surface area contributed by atoms with Gasteiger partial charge >= 0.3 is 0 Å². The molecule has 1 heterocycles. The third-order valence-corrected chi connectivity index (χ3v) is 4.98. The number of aromatic nitrogens is 2. The van der Waals surface area contributed by atoms with Crippen molar-refractivity contribution in [2.24, 2.45) is 0 Å². The average molecular weight is 429 g/mol. The first-order valence-corrected chi connectivity index (χ1v) is 10.2. The summed E-state index contributed by atoms with van der Waals surface area (Å²) in [6.07, 6.45) is 0. The van der Waals surface area contributed by atoms with E-state index >= 15 is 0 Å². The summed E-state index contributed by atoms with van der Waals surface area (Å²) >= 11 is 0. The molecule has 4 rings (SSSR count). The molecule has 0 unspecified atom stereocenters. The maximum Gasteiger partial charge on any atom is 0.267 e. The Morgan fingerprint density at radius 3 is 2.50 bits per heavy atom. The van der Waals surface area contributed by atoms with Crippen molar-refractivity contribution in [2.45, 2.75) is 6.54 Å². The van der Waals surface area contributed by atoms with E-state index in [4.69, 9.17) is 9.47 Å². The Bertz CT molecular complexity index is 1280. The van der Waals surface area contributed by atoms with Crippen molar-refractivity contribution in [2.75, 3.05) is 20.3 Å². The molecule has 1 N–H and O–H groups in total.